The molecule has 0 amide bonds. The predicted molar refractivity (Wildman–Crippen MR) is 183 cm³/mol. The van der Waals surface area contributed by atoms with Crippen molar-refractivity contribution in [3.05, 3.63) is 152 Å². The summed E-state index contributed by atoms with van der Waals surface area (Å²) in [5.41, 5.74) is 8.15. The molecule has 0 fully saturated rings. The van der Waals surface area contributed by atoms with E-state index in [9.17, 15) is 0 Å². The second-order valence-electron chi connectivity index (χ2n) is 10.2. The van der Waals surface area contributed by atoms with E-state index in [1.807, 2.05) is 113 Å². The van der Waals surface area contributed by atoms with Crippen molar-refractivity contribution in [2.75, 3.05) is 38.0 Å². The Labute approximate surface area is 259 Å². The highest BCUT2D eigenvalue weighted by Crippen LogP contribution is 2.16. The predicted octanol–water partition coefficient (Wildman–Crippen LogP) is 7.48. The van der Waals surface area contributed by atoms with E-state index in [1.54, 1.807) is 11.3 Å². The van der Waals surface area contributed by atoms with E-state index >= 15 is 0 Å². The molecular formula is C40H30N2S. The average molecular weight is 571 g/mol. The van der Waals surface area contributed by atoms with E-state index < -0.39 is 0 Å². The van der Waals surface area contributed by atoms with Gasteiger partial charge in [0, 0.05) is 72.9 Å². The summed E-state index contributed by atoms with van der Waals surface area (Å²) >= 11 is 1.60. The summed E-state index contributed by atoms with van der Waals surface area (Å²) in [7, 11) is 8.12. The molecule has 0 radical (unpaired) electrons. The van der Waals surface area contributed by atoms with Crippen LogP contribution in [0.1, 0.15) is 43.1 Å². The van der Waals surface area contributed by atoms with Gasteiger partial charge in [0.25, 0.3) is 0 Å². The molecule has 0 atom stereocenters. The Kier molecular flexibility index (Phi) is 9.32. The lowest BCUT2D eigenvalue weighted by atomic mass is 10.1. The van der Waals surface area contributed by atoms with Gasteiger partial charge in [-0.3, -0.25) is 0 Å². The highest BCUT2D eigenvalue weighted by Gasteiger charge is 1.97. The van der Waals surface area contributed by atoms with Gasteiger partial charge in [-0.15, -0.1) is 11.3 Å². The van der Waals surface area contributed by atoms with Crippen LogP contribution in [0.3, 0.4) is 0 Å². The van der Waals surface area contributed by atoms with Crippen molar-refractivity contribution in [2.45, 2.75) is 0 Å². The SMILES string of the molecule is CN(C)c1ccc(C#Cc2ccc(C#Cc3ccc(C#Cc4ccc(C#Cc5ccc(N(C)C)cc5)cc4)s3)cc2)cc1. The number of thiophene rings is 1. The number of hydrogen-bond acceptors (Lipinski definition) is 3. The molecule has 206 valence electrons. The summed E-state index contributed by atoms with van der Waals surface area (Å²) in [6.07, 6.45) is 0. The van der Waals surface area contributed by atoms with Crippen molar-refractivity contribution in [3.63, 3.8) is 0 Å². The summed E-state index contributed by atoms with van der Waals surface area (Å²) in [5, 5.41) is 0. The third-order valence-corrected chi connectivity index (χ3v) is 7.42. The number of benzene rings is 4. The lowest BCUT2D eigenvalue weighted by Gasteiger charge is -2.11. The van der Waals surface area contributed by atoms with Gasteiger partial charge in [-0.05, 0) is 109 Å². The van der Waals surface area contributed by atoms with Gasteiger partial charge < -0.3 is 9.80 Å². The fourth-order valence-electron chi connectivity index (χ4n) is 3.99. The van der Waals surface area contributed by atoms with Crippen molar-refractivity contribution < 1.29 is 0 Å². The highest BCUT2D eigenvalue weighted by molar-refractivity contribution is 7.13. The molecule has 0 saturated carbocycles. The van der Waals surface area contributed by atoms with Crippen LogP contribution in [0, 0.1) is 47.4 Å². The maximum atomic E-state index is 3.26. The lowest BCUT2D eigenvalue weighted by molar-refractivity contribution is 1.13. The molecule has 2 nitrogen and oxygen atoms in total. The standard InChI is InChI=1S/C40H30N2S/c1-41(2)37-23-17-35(18-24-37)15-9-31-5-11-33(12-6-31)21-27-39-29-30-40(43-39)28-22-34-13-7-32(8-14-34)10-16-36-19-25-38(26-20-36)42(3)4/h5-8,11-14,17-20,23-26,29-30H,1-4H3. The van der Waals surface area contributed by atoms with Crippen LogP contribution in [0.25, 0.3) is 0 Å². The molecule has 0 bridgehead atoms. The Bertz CT molecular complexity index is 1800. The van der Waals surface area contributed by atoms with Crippen LogP contribution in [-0.2, 0) is 0 Å². The Morgan fingerprint density at radius 1 is 0.326 bits per heavy atom. The third kappa shape index (κ3) is 8.46. The Morgan fingerprint density at radius 2 is 0.558 bits per heavy atom. The Balaban J connectivity index is 1.17. The van der Waals surface area contributed by atoms with Gasteiger partial charge in [0.15, 0.2) is 0 Å². The molecule has 1 heterocycles. The minimum atomic E-state index is 0.954. The third-order valence-electron chi connectivity index (χ3n) is 6.51. The van der Waals surface area contributed by atoms with Gasteiger partial charge in [-0.1, -0.05) is 47.4 Å². The molecule has 5 rings (SSSR count). The van der Waals surface area contributed by atoms with Gasteiger partial charge >= 0.3 is 0 Å². The average Bonchev–Trinajstić information content (AvgIpc) is 3.50. The van der Waals surface area contributed by atoms with Crippen LogP contribution >= 0.6 is 11.3 Å². The molecule has 43 heavy (non-hydrogen) atoms. The molecule has 4 aromatic carbocycles. The van der Waals surface area contributed by atoms with E-state index in [0.717, 1.165) is 54.5 Å². The fraction of sp³-hybridized carbons (Fsp3) is 0.100. The summed E-state index contributed by atoms with van der Waals surface area (Å²) in [5.74, 6) is 25.9. The minimum Gasteiger partial charge on any atom is -0.378 e. The maximum absolute atomic E-state index is 3.26. The smallest absolute Gasteiger partial charge is 0.0785 e. The molecule has 3 heteroatoms. The van der Waals surface area contributed by atoms with Gasteiger partial charge in [-0.2, -0.15) is 0 Å². The molecule has 0 spiro atoms. The number of anilines is 2. The number of hydrogen-bond donors (Lipinski definition) is 0. The first-order valence-electron chi connectivity index (χ1n) is 13.8. The van der Waals surface area contributed by atoms with Crippen molar-refractivity contribution in [1.82, 2.24) is 0 Å². The zero-order valence-electron chi connectivity index (χ0n) is 24.7. The van der Waals surface area contributed by atoms with Crippen LogP contribution in [0.4, 0.5) is 11.4 Å². The first-order chi connectivity index (χ1) is 20.9. The quantitative estimate of drug-likeness (QED) is 0.203. The van der Waals surface area contributed by atoms with Gasteiger partial charge in [0.05, 0.1) is 9.75 Å². The van der Waals surface area contributed by atoms with E-state index in [0.29, 0.717) is 0 Å². The molecule has 5 aromatic rings. The van der Waals surface area contributed by atoms with Crippen LogP contribution < -0.4 is 9.80 Å². The van der Waals surface area contributed by atoms with Gasteiger partial charge in [-0.25, -0.2) is 0 Å². The molecule has 0 aliphatic carbocycles. The van der Waals surface area contributed by atoms with Crippen LogP contribution in [0.2, 0.25) is 0 Å². The van der Waals surface area contributed by atoms with Crippen molar-refractivity contribution in [2.24, 2.45) is 0 Å². The molecule has 0 N–H and O–H groups in total. The number of nitrogens with zero attached hydrogens (tertiary/aromatic N) is 2. The van der Waals surface area contributed by atoms with Crippen molar-refractivity contribution in [3.8, 4) is 47.4 Å². The van der Waals surface area contributed by atoms with Crippen molar-refractivity contribution >= 4 is 22.7 Å². The van der Waals surface area contributed by atoms with Crippen LogP contribution in [0.5, 0.6) is 0 Å². The minimum absolute atomic E-state index is 0.954. The normalized spacial score (nSPS) is 9.58. The summed E-state index contributed by atoms with van der Waals surface area (Å²) in [6.45, 7) is 0. The zero-order chi connectivity index (χ0) is 30.0. The second-order valence-corrected chi connectivity index (χ2v) is 11.3. The monoisotopic (exact) mass is 570 g/mol. The molecule has 1 aromatic heterocycles. The fourth-order valence-corrected chi connectivity index (χ4v) is 4.70. The molecule has 0 saturated heterocycles. The summed E-state index contributed by atoms with van der Waals surface area (Å²) in [4.78, 5) is 6.12. The van der Waals surface area contributed by atoms with E-state index in [2.05, 4.69) is 81.4 Å². The Morgan fingerprint density at radius 3 is 0.814 bits per heavy atom. The lowest BCUT2D eigenvalue weighted by Crippen LogP contribution is -2.07. The largest absolute Gasteiger partial charge is 0.378 e. The molecular weight excluding hydrogens is 541 g/mol. The first kappa shape index (κ1) is 28.9. The van der Waals surface area contributed by atoms with Crippen LogP contribution in [-0.4, -0.2) is 28.2 Å². The van der Waals surface area contributed by atoms with Crippen molar-refractivity contribution in [1.29, 1.82) is 0 Å². The van der Waals surface area contributed by atoms with E-state index in [4.69, 9.17) is 0 Å². The van der Waals surface area contributed by atoms with Gasteiger partial charge in [0.1, 0.15) is 0 Å². The first-order valence-corrected chi connectivity index (χ1v) is 14.7. The highest BCUT2D eigenvalue weighted by atomic mass is 32.1. The summed E-state index contributed by atoms with van der Waals surface area (Å²) in [6, 6.07) is 36.6. The van der Waals surface area contributed by atoms with E-state index in [-0.39, 0.29) is 0 Å². The molecule has 0 unspecified atom stereocenters. The van der Waals surface area contributed by atoms with Crippen LogP contribution in [0.15, 0.2) is 109 Å². The summed E-state index contributed by atoms with van der Waals surface area (Å²) < 4.78 is 0. The van der Waals surface area contributed by atoms with E-state index in [1.165, 1.54) is 0 Å². The number of rotatable bonds is 2. The topological polar surface area (TPSA) is 6.48 Å². The Hall–Kier alpha value is -5.58. The maximum Gasteiger partial charge on any atom is 0.0785 e. The molecule has 0 aliphatic heterocycles. The zero-order valence-corrected chi connectivity index (χ0v) is 25.5. The van der Waals surface area contributed by atoms with Gasteiger partial charge in [0.2, 0.25) is 0 Å². The second kappa shape index (κ2) is 13.9. The molecule has 0 aliphatic rings.